The van der Waals surface area contributed by atoms with Crippen molar-refractivity contribution in [2.75, 3.05) is 20.1 Å². The third-order valence-corrected chi connectivity index (χ3v) is 5.54. The first-order valence-corrected chi connectivity index (χ1v) is 8.42. The molecule has 0 spiro atoms. The van der Waals surface area contributed by atoms with Crippen LogP contribution in [0, 0.1) is 23.7 Å². The van der Waals surface area contributed by atoms with Gasteiger partial charge in [-0.05, 0) is 56.4 Å². The molecule has 0 aromatic rings. The third-order valence-electron chi connectivity index (χ3n) is 5.54. The predicted molar refractivity (Wildman–Crippen MR) is 83.3 cm³/mol. The largest absolute Gasteiger partial charge is 0.315 e. The molecule has 1 aliphatic heterocycles. The minimum absolute atomic E-state index is 0.715. The molecule has 0 bridgehead atoms. The number of nitrogens with zero attached hydrogens (tertiary/aromatic N) is 1. The molecule has 2 aliphatic rings. The van der Waals surface area contributed by atoms with Crippen LogP contribution in [0.5, 0.6) is 0 Å². The zero-order chi connectivity index (χ0) is 14.0. The van der Waals surface area contributed by atoms with Crippen LogP contribution < -0.4 is 5.32 Å². The summed E-state index contributed by atoms with van der Waals surface area (Å²) in [5, 5.41) is 3.60. The molecule has 2 heteroatoms. The summed E-state index contributed by atoms with van der Waals surface area (Å²) in [4.78, 5) is 2.81. The van der Waals surface area contributed by atoms with Crippen LogP contribution in [-0.2, 0) is 0 Å². The zero-order valence-electron chi connectivity index (χ0n) is 13.7. The number of nitrogens with one attached hydrogen (secondary N) is 1. The van der Waals surface area contributed by atoms with Gasteiger partial charge in [-0.15, -0.1) is 0 Å². The Balaban J connectivity index is 2.04. The molecule has 5 atom stereocenters. The first-order chi connectivity index (χ1) is 9.01. The minimum atomic E-state index is 0.715. The maximum Gasteiger partial charge on any atom is 0.0252 e. The van der Waals surface area contributed by atoms with Gasteiger partial charge in [0.05, 0.1) is 0 Å². The number of hydrogen-bond donors (Lipinski definition) is 1. The molecule has 2 nitrogen and oxygen atoms in total. The van der Waals surface area contributed by atoms with Crippen LogP contribution >= 0.6 is 0 Å². The molecule has 19 heavy (non-hydrogen) atoms. The van der Waals surface area contributed by atoms with E-state index in [4.69, 9.17) is 0 Å². The molecule has 2 rings (SSSR count). The molecule has 0 aromatic heterocycles. The van der Waals surface area contributed by atoms with E-state index in [0.29, 0.717) is 6.04 Å². The maximum absolute atomic E-state index is 3.60. The summed E-state index contributed by atoms with van der Waals surface area (Å²) < 4.78 is 0. The van der Waals surface area contributed by atoms with Gasteiger partial charge in [0.25, 0.3) is 0 Å². The second kappa shape index (κ2) is 6.58. The summed E-state index contributed by atoms with van der Waals surface area (Å²) in [6.45, 7) is 12.3. The minimum Gasteiger partial charge on any atom is -0.315 e. The Morgan fingerprint density at radius 2 is 1.63 bits per heavy atom. The maximum atomic E-state index is 3.60. The van der Waals surface area contributed by atoms with Gasteiger partial charge in [-0.3, -0.25) is 4.90 Å². The van der Waals surface area contributed by atoms with Crippen molar-refractivity contribution in [3.63, 3.8) is 0 Å². The lowest BCUT2D eigenvalue weighted by atomic mass is 9.75. The molecular formula is C17H34N2. The summed E-state index contributed by atoms with van der Waals surface area (Å²) in [5.41, 5.74) is 0. The highest BCUT2D eigenvalue weighted by atomic mass is 15.2. The van der Waals surface area contributed by atoms with E-state index >= 15 is 0 Å². The second-order valence-corrected chi connectivity index (χ2v) is 7.68. The molecule has 5 unspecified atom stereocenters. The number of hydrogen-bond acceptors (Lipinski definition) is 2. The van der Waals surface area contributed by atoms with Crippen molar-refractivity contribution in [2.24, 2.45) is 23.7 Å². The van der Waals surface area contributed by atoms with Crippen molar-refractivity contribution in [1.82, 2.24) is 10.2 Å². The second-order valence-electron chi connectivity index (χ2n) is 7.68. The molecule has 1 aliphatic carbocycles. The Bertz CT molecular complexity index is 266. The number of likely N-dealkylation sites (tertiary alicyclic amines) is 1. The standard InChI is InChI=1S/C17H34N2/c1-12(2)15-6-7-16(18-5)17(9-15)19-10-13(3)8-14(4)11-19/h12-18H,6-11H2,1-5H3. The fraction of sp³-hybridized carbons (Fsp3) is 1.00. The summed E-state index contributed by atoms with van der Waals surface area (Å²) in [7, 11) is 2.16. The van der Waals surface area contributed by atoms with Gasteiger partial charge in [0.1, 0.15) is 0 Å². The lowest BCUT2D eigenvalue weighted by molar-refractivity contribution is 0.0367. The van der Waals surface area contributed by atoms with E-state index in [1.165, 1.54) is 38.8 Å². The summed E-state index contributed by atoms with van der Waals surface area (Å²) in [6.07, 6.45) is 5.60. The van der Waals surface area contributed by atoms with Gasteiger partial charge in [-0.2, -0.15) is 0 Å². The van der Waals surface area contributed by atoms with E-state index in [-0.39, 0.29) is 0 Å². The van der Waals surface area contributed by atoms with Crippen LogP contribution in [-0.4, -0.2) is 37.1 Å². The van der Waals surface area contributed by atoms with Crippen LogP contribution in [0.3, 0.4) is 0 Å². The van der Waals surface area contributed by atoms with Crippen molar-refractivity contribution in [3.05, 3.63) is 0 Å². The lowest BCUT2D eigenvalue weighted by Gasteiger charge is -2.47. The highest BCUT2D eigenvalue weighted by molar-refractivity contribution is 4.93. The van der Waals surface area contributed by atoms with Crippen LogP contribution in [0.1, 0.15) is 53.4 Å². The van der Waals surface area contributed by atoms with Crippen LogP contribution in [0.15, 0.2) is 0 Å². The monoisotopic (exact) mass is 266 g/mol. The highest BCUT2D eigenvalue weighted by Gasteiger charge is 2.37. The van der Waals surface area contributed by atoms with Crippen molar-refractivity contribution in [2.45, 2.75) is 65.5 Å². The van der Waals surface area contributed by atoms with E-state index in [0.717, 1.165) is 29.7 Å². The van der Waals surface area contributed by atoms with Gasteiger partial charge in [-0.1, -0.05) is 27.7 Å². The SMILES string of the molecule is CNC1CCC(C(C)C)CC1N1CC(C)CC(C)C1. The van der Waals surface area contributed by atoms with E-state index in [9.17, 15) is 0 Å². The molecule has 2 fully saturated rings. The highest BCUT2D eigenvalue weighted by Crippen LogP contribution is 2.35. The Morgan fingerprint density at radius 1 is 1.00 bits per heavy atom. The van der Waals surface area contributed by atoms with Crippen LogP contribution in [0.25, 0.3) is 0 Å². The molecule has 1 heterocycles. The van der Waals surface area contributed by atoms with E-state index in [1.807, 2.05) is 0 Å². The van der Waals surface area contributed by atoms with Gasteiger partial charge < -0.3 is 5.32 Å². The Hall–Kier alpha value is -0.0800. The molecule has 1 saturated carbocycles. The Morgan fingerprint density at radius 3 is 2.16 bits per heavy atom. The smallest absolute Gasteiger partial charge is 0.0252 e. The van der Waals surface area contributed by atoms with Crippen LogP contribution in [0.4, 0.5) is 0 Å². The van der Waals surface area contributed by atoms with E-state index < -0.39 is 0 Å². The summed E-state index contributed by atoms with van der Waals surface area (Å²) >= 11 is 0. The van der Waals surface area contributed by atoms with Crippen molar-refractivity contribution in [3.8, 4) is 0 Å². The molecule has 112 valence electrons. The van der Waals surface area contributed by atoms with E-state index in [2.05, 4.69) is 45.0 Å². The van der Waals surface area contributed by atoms with Gasteiger partial charge in [0.2, 0.25) is 0 Å². The molecular weight excluding hydrogens is 232 g/mol. The number of likely N-dealkylation sites (N-methyl/N-ethyl adjacent to an activating group) is 1. The van der Waals surface area contributed by atoms with Crippen molar-refractivity contribution < 1.29 is 0 Å². The number of piperidine rings is 1. The first-order valence-electron chi connectivity index (χ1n) is 8.42. The average Bonchev–Trinajstić information content (AvgIpc) is 2.36. The van der Waals surface area contributed by atoms with Gasteiger partial charge in [-0.25, -0.2) is 0 Å². The normalized spacial score (nSPS) is 41.7. The lowest BCUT2D eigenvalue weighted by Crippen LogP contribution is -2.56. The third kappa shape index (κ3) is 3.72. The van der Waals surface area contributed by atoms with Crippen molar-refractivity contribution >= 4 is 0 Å². The first kappa shape index (κ1) is 15.3. The fourth-order valence-electron chi connectivity index (χ4n) is 4.51. The van der Waals surface area contributed by atoms with Gasteiger partial charge in [0.15, 0.2) is 0 Å². The zero-order valence-corrected chi connectivity index (χ0v) is 13.7. The predicted octanol–water partition coefficient (Wildman–Crippen LogP) is 3.38. The Labute approximate surface area is 120 Å². The summed E-state index contributed by atoms with van der Waals surface area (Å²) in [6, 6.07) is 1.49. The van der Waals surface area contributed by atoms with Crippen molar-refractivity contribution in [1.29, 1.82) is 0 Å². The van der Waals surface area contributed by atoms with Gasteiger partial charge in [0, 0.05) is 25.2 Å². The molecule has 1 N–H and O–H groups in total. The fourth-order valence-corrected chi connectivity index (χ4v) is 4.51. The molecule has 1 saturated heterocycles. The molecule has 0 amide bonds. The average molecular weight is 266 g/mol. The topological polar surface area (TPSA) is 15.3 Å². The molecule has 0 aromatic carbocycles. The summed E-state index contributed by atoms with van der Waals surface area (Å²) in [5.74, 6) is 3.53. The van der Waals surface area contributed by atoms with Crippen LogP contribution in [0.2, 0.25) is 0 Å². The molecule has 0 radical (unpaired) electrons. The quantitative estimate of drug-likeness (QED) is 0.842. The van der Waals surface area contributed by atoms with E-state index in [1.54, 1.807) is 0 Å². The Kier molecular flexibility index (Phi) is 5.30. The van der Waals surface area contributed by atoms with Gasteiger partial charge >= 0.3 is 0 Å². The number of rotatable bonds is 3.